The molecule has 0 unspecified atom stereocenters. The Labute approximate surface area is 152 Å². The summed E-state index contributed by atoms with van der Waals surface area (Å²) in [6, 6.07) is 8.07. The van der Waals surface area contributed by atoms with Gasteiger partial charge in [0.05, 0.1) is 11.3 Å². The van der Waals surface area contributed by atoms with E-state index in [0.29, 0.717) is 9.81 Å². The van der Waals surface area contributed by atoms with Crippen molar-refractivity contribution in [1.29, 1.82) is 0 Å². The molecule has 2 saturated heterocycles. The topological polar surface area (TPSA) is 95.0 Å². The SMILES string of the molecule is O=C(O)CN1C(=O)C[C@@H](N2C(=O)/C(=C\c3ccccc3)SC2=S)C1=O. The van der Waals surface area contributed by atoms with E-state index in [0.717, 1.165) is 22.2 Å². The number of carboxylic acid groups (broad SMARTS) is 1. The van der Waals surface area contributed by atoms with Gasteiger partial charge in [-0.15, -0.1) is 0 Å². The number of benzene rings is 1. The van der Waals surface area contributed by atoms with E-state index in [9.17, 15) is 19.2 Å². The summed E-state index contributed by atoms with van der Waals surface area (Å²) in [4.78, 5) is 49.8. The summed E-state index contributed by atoms with van der Waals surface area (Å²) in [6.07, 6.45) is 1.40. The van der Waals surface area contributed by atoms with Gasteiger partial charge in [-0.2, -0.15) is 0 Å². The fourth-order valence-electron chi connectivity index (χ4n) is 2.62. The third-order valence-corrected chi connectivity index (χ3v) is 5.08. The molecular weight excluding hydrogens is 364 g/mol. The highest BCUT2D eigenvalue weighted by Crippen LogP contribution is 2.36. The molecule has 7 nitrogen and oxygen atoms in total. The third-order valence-electron chi connectivity index (χ3n) is 3.75. The van der Waals surface area contributed by atoms with Crippen molar-refractivity contribution in [2.24, 2.45) is 0 Å². The fourth-order valence-corrected chi connectivity index (χ4v) is 3.97. The van der Waals surface area contributed by atoms with Crippen LogP contribution >= 0.6 is 24.0 Å². The number of carbonyl (C=O) groups excluding carboxylic acids is 3. The van der Waals surface area contributed by atoms with E-state index < -0.39 is 36.3 Å². The predicted molar refractivity (Wildman–Crippen MR) is 94.2 cm³/mol. The van der Waals surface area contributed by atoms with E-state index in [1.54, 1.807) is 6.08 Å². The van der Waals surface area contributed by atoms with Crippen LogP contribution in [0.5, 0.6) is 0 Å². The molecule has 2 aliphatic rings. The van der Waals surface area contributed by atoms with Crippen LogP contribution in [0.1, 0.15) is 12.0 Å². The molecular formula is C16H12N2O5S2. The van der Waals surface area contributed by atoms with Crippen molar-refractivity contribution in [3.63, 3.8) is 0 Å². The van der Waals surface area contributed by atoms with Gasteiger partial charge in [0.1, 0.15) is 16.9 Å². The van der Waals surface area contributed by atoms with Crippen LogP contribution in [-0.2, 0) is 19.2 Å². The standard InChI is InChI=1S/C16H12N2O5S2/c19-12-7-10(14(22)17(12)8-13(20)21)18-15(23)11(25-16(18)24)6-9-4-2-1-3-5-9/h1-6,10H,7-8H2,(H,20,21)/b11-6+/t10-/m1/s1. The second kappa shape index (κ2) is 6.77. The molecule has 0 radical (unpaired) electrons. The summed E-state index contributed by atoms with van der Waals surface area (Å²) < 4.78 is 0.176. The van der Waals surface area contributed by atoms with Crippen molar-refractivity contribution in [2.45, 2.75) is 12.5 Å². The van der Waals surface area contributed by atoms with Crippen LogP contribution in [0.2, 0.25) is 0 Å². The Morgan fingerprint density at radius 2 is 1.96 bits per heavy atom. The highest BCUT2D eigenvalue weighted by molar-refractivity contribution is 8.26. The van der Waals surface area contributed by atoms with Gasteiger partial charge in [-0.3, -0.25) is 29.0 Å². The van der Waals surface area contributed by atoms with Crippen molar-refractivity contribution in [1.82, 2.24) is 9.80 Å². The summed E-state index contributed by atoms with van der Waals surface area (Å²) in [5.74, 6) is -3.10. The molecule has 128 valence electrons. The first-order valence-electron chi connectivity index (χ1n) is 7.26. The predicted octanol–water partition coefficient (Wildman–Crippen LogP) is 1.10. The molecule has 0 aliphatic carbocycles. The third kappa shape index (κ3) is 3.33. The van der Waals surface area contributed by atoms with E-state index >= 15 is 0 Å². The van der Waals surface area contributed by atoms with Gasteiger partial charge in [-0.1, -0.05) is 54.3 Å². The number of thioether (sulfide) groups is 1. The molecule has 1 aromatic rings. The van der Waals surface area contributed by atoms with Crippen LogP contribution in [0, 0.1) is 0 Å². The van der Waals surface area contributed by atoms with Crippen molar-refractivity contribution in [3.05, 3.63) is 40.8 Å². The van der Waals surface area contributed by atoms with Crippen molar-refractivity contribution >= 4 is 58.1 Å². The first-order chi connectivity index (χ1) is 11.9. The monoisotopic (exact) mass is 376 g/mol. The number of aliphatic carboxylic acids is 1. The first-order valence-corrected chi connectivity index (χ1v) is 8.49. The van der Waals surface area contributed by atoms with Gasteiger partial charge in [0.15, 0.2) is 0 Å². The number of carbonyl (C=O) groups is 4. The van der Waals surface area contributed by atoms with Gasteiger partial charge in [0.25, 0.3) is 11.8 Å². The highest BCUT2D eigenvalue weighted by atomic mass is 32.2. The number of nitrogens with zero attached hydrogens (tertiary/aromatic N) is 2. The molecule has 1 aromatic carbocycles. The zero-order chi connectivity index (χ0) is 18.1. The van der Waals surface area contributed by atoms with Crippen molar-refractivity contribution in [2.75, 3.05) is 6.54 Å². The Balaban J connectivity index is 1.84. The van der Waals surface area contributed by atoms with Crippen LogP contribution in [0.25, 0.3) is 6.08 Å². The van der Waals surface area contributed by atoms with Crippen molar-refractivity contribution in [3.8, 4) is 0 Å². The zero-order valence-corrected chi connectivity index (χ0v) is 14.4. The molecule has 3 amide bonds. The molecule has 1 atom stereocenters. The smallest absolute Gasteiger partial charge is 0.323 e. The minimum absolute atomic E-state index is 0.176. The van der Waals surface area contributed by atoms with E-state index in [4.69, 9.17) is 17.3 Å². The van der Waals surface area contributed by atoms with Gasteiger partial charge >= 0.3 is 5.97 Å². The average molecular weight is 376 g/mol. The molecule has 0 bridgehead atoms. The van der Waals surface area contributed by atoms with Crippen LogP contribution in [-0.4, -0.2) is 55.5 Å². The number of carboxylic acids is 1. The lowest BCUT2D eigenvalue weighted by molar-refractivity contribution is -0.149. The number of hydrogen-bond acceptors (Lipinski definition) is 6. The zero-order valence-electron chi connectivity index (χ0n) is 12.7. The Kier molecular flexibility index (Phi) is 4.69. The molecule has 0 aromatic heterocycles. The first kappa shape index (κ1) is 17.3. The number of amides is 3. The van der Waals surface area contributed by atoms with Crippen LogP contribution < -0.4 is 0 Å². The second-order valence-corrected chi connectivity index (χ2v) is 7.07. The Morgan fingerprint density at radius 3 is 2.60 bits per heavy atom. The minimum atomic E-state index is -1.29. The Morgan fingerprint density at radius 1 is 1.28 bits per heavy atom. The van der Waals surface area contributed by atoms with Gasteiger partial charge in [-0.25, -0.2) is 0 Å². The van der Waals surface area contributed by atoms with Gasteiger partial charge < -0.3 is 5.11 Å². The number of imide groups is 1. The number of rotatable bonds is 4. The fraction of sp³-hybridized carbons (Fsp3) is 0.188. The van der Waals surface area contributed by atoms with E-state index in [-0.39, 0.29) is 10.7 Å². The summed E-state index contributed by atoms with van der Waals surface area (Å²) in [7, 11) is 0. The summed E-state index contributed by atoms with van der Waals surface area (Å²) in [6.45, 7) is -0.719. The van der Waals surface area contributed by atoms with Gasteiger partial charge in [0.2, 0.25) is 5.91 Å². The maximum atomic E-state index is 12.6. The molecule has 2 fully saturated rings. The molecule has 3 rings (SSSR count). The van der Waals surface area contributed by atoms with Gasteiger partial charge in [0, 0.05) is 0 Å². The van der Waals surface area contributed by atoms with E-state index in [1.165, 1.54) is 0 Å². The maximum absolute atomic E-state index is 12.6. The highest BCUT2D eigenvalue weighted by Gasteiger charge is 2.48. The summed E-state index contributed by atoms with van der Waals surface area (Å²) in [5.41, 5.74) is 0.810. The van der Waals surface area contributed by atoms with E-state index in [2.05, 4.69) is 0 Å². The van der Waals surface area contributed by atoms with Crippen molar-refractivity contribution < 1.29 is 24.3 Å². The lowest BCUT2D eigenvalue weighted by Gasteiger charge is -2.20. The molecule has 9 heteroatoms. The molecule has 0 saturated carbocycles. The molecule has 0 spiro atoms. The molecule has 2 heterocycles. The Hall–Kier alpha value is -2.52. The maximum Gasteiger partial charge on any atom is 0.323 e. The lowest BCUT2D eigenvalue weighted by Crippen LogP contribution is -2.45. The van der Waals surface area contributed by atoms with Crippen LogP contribution in [0.4, 0.5) is 0 Å². The molecule has 25 heavy (non-hydrogen) atoms. The normalized spacial score (nSPS) is 22.4. The average Bonchev–Trinajstić information content (AvgIpc) is 2.98. The quantitative estimate of drug-likeness (QED) is 0.478. The summed E-state index contributed by atoms with van der Waals surface area (Å²) >= 11 is 6.25. The second-order valence-electron chi connectivity index (χ2n) is 5.39. The minimum Gasteiger partial charge on any atom is -0.480 e. The number of hydrogen-bond donors (Lipinski definition) is 1. The van der Waals surface area contributed by atoms with Crippen LogP contribution in [0.15, 0.2) is 35.2 Å². The van der Waals surface area contributed by atoms with Crippen LogP contribution in [0.3, 0.4) is 0 Å². The number of likely N-dealkylation sites (tertiary alicyclic amines) is 1. The lowest BCUT2D eigenvalue weighted by atomic mass is 10.2. The van der Waals surface area contributed by atoms with E-state index in [1.807, 2.05) is 30.3 Å². The molecule has 2 aliphatic heterocycles. The summed E-state index contributed by atoms with van der Waals surface area (Å²) in [5, 5.41) is 8.81. The largest absolute Gasteiger partial charge is 0.480 e. The van der Waals surface area contributed by atoms with Gasteiger partial charge in [-0.05, 0) is 11.6 Å². The molecule has 1 N–H and O–H groups in total. The Bertz CT molecular complexity index is 821. The number of thiocarbonyl (C=S) groups is 1.